The quantitative estimate of drug-likeness (QED) is 0.703. The molecule has 1 amide bonds. The molecule has 0 bridgehead atoms. The zero-order chi connectivity index (χ0) is 18.2. The fourth-order valence-electron chi connectivity index (χ4n) is 3.94. The van der Waals surface area contributed by atoms with Crippen molar-refractivity contribution in [1.82, 2.24) is 19.2 Å². The normalized spacial score (nSPS) is 20.1. The van der Waals surface area contributed by atoms with E-state index >= 15 is 0 Å². The minimum absolute atomic E-state index is 0.0485. The summed E-state index contributed by atoms with van der Waals surface area (Å²) in [7, 11) is 0. The number of imidazole rings is 1. The van der Waals surface area contributed by atoms with E-state index in [4.69, 9.17) is 0 Å². The third kappa shape index (κ3) is 3.35. The molecule has 1 fully saturated rings. The van der Waals surface area contributed by atoms with Gasteiger partial charge in [-0.05, 0) is 30.2 Å². The van der Waals surface area contributed by atoms with Crippen LogP contribution in [0.2, 0.25) is 0 Å². The fourth-order valence-corrected chi connectivity index (χ4v) is 5.22. The van der Waals surface area contributed by atoms with Crippen LogP contribution in [0.25, 0.3) is 5.65 Å². The molecule has 1 atom stereocenters. The summed E-state index contributed by atoms with van der Waals surface area (Å²) < 4.78 is 2.06. The highest BCUT2D eigenvalue weighted by molar-refractivity contribution is 8.01. The van der Waals surface area contributed by atoms with Gasteiger partial charge in [0.2, 0.25) is 5.91 Å². The Kier molecular flexibility index (Phi) is 4.38. The minimum Gasteiger partial charge on any atom is -0.339 e. The number of hydrogen-bond donors (Lipinski definition) is 0. The topological polar surface area (TPSA) is 40.9 Å². The summed E-state index contributed by atoms with van der Waals surface area (Å²) in [6.07, 6.45) is 4.99. The van der Waals surface area contributed by atoms with E-state index in [9.17, 15) is 4.79 Å². The van der Waals surface area contributed by atoms with E-state index in [1.54, 1.807) is 11.8 Å². The first-order valence-corrected chi connectivity index (χ1v) is 10.3. The van der Waals surface area contributed by atoms with Crippen LogP contribution in [0.5, 0.6) is 0 Å². The Bertz CT molecular complexity index is 919. The summed E-state index contributed by atoms with van der Waals surface area (Å²) >= 11 is 1.73. The molecule has 5 rings (SSSR count). The fraction of sp³-hybridized carbons (Fsp3) is 0.333. The second-order valence-corrected chi connectivity index (χ2v) is 8.46. The molecule has 2 aliphatic heterocycles. The van der Waals surface area contributed by atoms with Crippen molar-refractivity contribution in [1.29, 1.82) is 0 Å². The smallest absolute Gasteiger partial charge is 0.236 e. The maximum Gasteiger partial charge on any atom is 0.236 e. The number of aromatic nitrogens is 2. The second kappa shape index (κ2) is 7.02. The van der Waals surface area contributed by atoms with Gasteiger partial charge in [0.25, 0.3) is 0 Å². The predicted molar refractivity (Wildman–Crippen MR) is 107 cm³/mol. The van der Waals surface area contributed by atoms with Crippen LogP contribution in [0.3, 0.4) is 0 Å². The molecule has 2 aromatic heterocycles. The first-order chi connectivity index (χ1) is 13.3. The highest BCUT2D eigenvalue weighted by Gasteiger charge is 2.32. The van der Waals surface area contributed by atoms with Crippen LogP contribution in [0.4, 0.5) is 0 Å². The third-order valence-electron chi connectivity index (χ3n) is 5.41. The molecular formula is C21H22N4OS. The summed E-state index contributed by atoms with van der Waals surface area (Å²) in [6.45, 7) is 4.26. The van der Waals surface area contributed by atoms with Gasteiger partial charge < -0.3 is 9.30 Å². The lowest BCUT2D eigenvalue weighted by atomic mass is 10.1. The van der Waals surface area contributed by atoms with Gasteiger partial charge in [-0.2, -0.15) is 0 Å². The lowest BCUT2D eigenvalue weighted by Gasteiger charge is -2.35. The first-order valence-electron chi connectivity index (χ1n) is 9.44. The van der Waals surface area contributed by atoms with Crippen LogP contribution in [-0.4, -0.2) is 56.5 Å². The Morgan fingerprint density at radius 2 is 1.89 bits per heavy atom. The molecular weight excluding hydrogens is 356 g/mol. The molecule has 1 aromatic carbocycles. The van der Waals surface area contributed by atoms with Crippen molar-refractivity contribution in [2.45, 2.75) is 23.1 Å². The van der Waals surface area contributed by atoms with Crippen molar-refractivity contribution >= 4 is 23.3 Å². The molecule has 27 heavy (non-hydrogen) atoms. The summed E-state index contributed by atoms with van der Waals surface area (Å²) in [5, 5.41) is 0.0485. The molecule has 4 heterocycles. The molecule has 2 aliphatic rings. The Hall–Kier alpha value is -2.31. The number of carbonyl (C=O) groups excluding carboxylic acids is 1. The standard InChI is InChI=1S/C21H22N4OS/c26-21(19-13-16-5-1-2-6-18(16)27-19)24-11-9-23(10-12-24)14-17-15-25-8-4-3-7-20(25)22-17/h1-8,15,19H,9-14H2. The number of amides is 1. The number of thioether (sulfide) groups is 1. The maximum absolute atomic E-state index is 12.9. The Morgan fingerprint density at radius 3 is 2.70 bits per heavy atom. The first kappa shape index (κ1) is 16.8. The molecule has 138 valence electrons. The molecule has 1 unspecified atom stereocenters. The van der Waals surface area contributed by atoms with Crippen LogP contribution in [0, 0.1) is 0 Å². The highest BCUT2D eigenvalue weighted by atomic mass is 32.2. The van der Waals surface area contributed by atoms with Gasteiger partial charge in [-0.15, -0.1) is 11.8 Å². The van der Waals surface area contributed by atoms with Gasteiger partial charge in [-0.1, -0.05) is 24.3 Å². The molecule has 1 saturated heterocycles. The second-order valence-electron chi connectivity index (χ2n) is 7.22. The average Bonchev–Trinajstić information content (AvgIpc) is 3.31. The molecule has 6 heteroatoms. The molecule has 0 radical (unpaired) electrons. The van der Waals surface area contributed by atoms with E-state index in [1.165, 1.54) is 10.5 Å². The van der Waals surface area contributed by atoms with E-state index in [2.05, 4.69) is 44.7 Å². The Morgan fingerprint density at radius 1 is 1.07 bits per heavy atom. The lowest BCUT2D eigenvalue weighted by Crippen LogP contribution is -2.50. The SMILES string of the molecule is O=C(C1Cc2ccccc2S1)N1CCN(Cc2cn3ccccc3n2)CC1. The van der Waals surface area contributed by atoms with Crippen LogP contribution < -0.4 is 0 Å². The van der Waals surface area contributed by atoms with Crippen LogP contribution in [0.15, 0.2) is 59.8 Å². The minimum atomic E-state index is 0.0485. The average molecular weight is 379 g/mol. The summed E-state index contributed by atoms with van der Waals surface area (Å²) in [4.78, 5) is 23.3. The number of nitrogens with zero attached hydrogens (tertiary/aromatic N) is 4. The number of carbonyl (C=O) groups is 1. The van der Waals surface area contributed by atoms with Crippen molar-refractivity contribution in [3.05, 3.63) is 66.1 Å². The van der Waals surface area contributed by atoms with Gasteiger partial charge in [0.05, 0.1) is 10.9 Å². The summed E-state index contributed by atoms with van der Waals surface area (Å²) in [5.41, 5.74) is 3.38. The van der Waals surface area contributed by atoms with Crippen LogP contribution in [-0.2, 0) is 17.8 Å². The van der Waals surface area contributed by atoms with Gasteiger partial charge in [-0.25, -0.2) is 4.98 Å². The molecule has 5 nitrogen and oxygen atoms in total. The van der Waals surface area contributed by atoms with E-state index < -0.39 is 0 Å². The zero-order valence-corrected chi connectivity index (χ0v) is 15.9. The van der Waals surface area contributed by atoms with Crippen molar-refractivity contribution in [3.8, 4) is 0 Å². The number of piperazine rings is 1. The van der Waals surface area contributed by atoms with Gasteiger partial charge >= 0.3 is 0 Å². The van der Waals surface area contributed by atoms with Crippen molar-refractivity contribution in [2.24, 2.45) is 0 Å². The van der Waals surface area contributed by atoms with E-state index in [1.807, 2.05) is 29.3 Å². The van der Waals surface area contributed by atoms with E-state index in [-0.39, 0.29) is 5.25 Å². The van der Waals surface area contributed by atoms with E-state index in [0.717, 1.165) is 50.5 Å². The van der Waals surface area contributed by atoms with Crippen molar-refractivity contribution < 1.29 is 4.79 Å². The number of pyridine rings is 1. The van der Waals surface area contributed by atoms with Crippen molar-refractivity contribution in [2.75, 3.05) is 26.2 Å². The van der Waals surface area contributed by atoms with Gasteiger partial charge in [-0.3, -0.25) is 9.69 Å². The predicted octanol–water partition coefficient (Wildman–Crippen LogP) is 2.70. The Balaban J connectivity index is 1.17. The number of rotatable bonds is 3. The third-order valence-corrected chi connectivity index (χ3v) is 6.71. The maximum atomic E-state index is 12.9. The molecule has 0 aliphatic carbocycles. The Labute approximate surface area is 163 Å². The zero-order valence-electron chi connectivity index (χ0n) is 15.1. The van der Waals surface area contributed by atoms with Crippen LogP contribution >= 0.6 is 11.8 Å². The molecule has 3 aromatic rings. The largest absolute Gasteiger partial charge is 0.339 e. The summed E-state index contributed by atoms with van der Waals surface area (Å²) in [5.74, 6) is 0.295. The van der Waals surface area contributed by atoms with Gasteiger partial charge in [0, 0.05) is 50.0 Å². The van der Waals surface area contributed by atoms with Gasteiger partial charge in [0.1, 0.15) is 5.65 Å². The number of benzene rings is 1. The van der Waals surface area contributed by atoms with E-state index in [0.29, 0.717) is 5.91 Å². The summed E-state index contributed by atoms with van der Waals surface area (Å²) in [6, 6.07) is 14.4. The van der Waals surface area contributed by atoms with Crippen LogP contribution in [0.1, 0.15) is 11.3 Å². The highest BCUT2D eigenvalue weighted by Crippen LogP contribution is 2.37. The van der Waals surface area contributed by atoms with Crippen molar-refractivity contribution in [3.63, 3.8) is 0 Å². The molecule has 0 saturated carbocycles. The number of hydrogen-bond acceptors (Lipinski definition) is 4. The van der Waals surface area contributed by atoms with Gasteiger partial charge in [0.15, 0.2) is 0 Å². The monoisotopic (exact) mass is 378 g/mol. The molecule has 0 spiro atoms. The molecule has 0 N–H and O–H groups in total. The lowest BCUT2D eigenvalue weighted by molar-refractivity contribution is -0.132. The number of fused-ring (bicyclic) bond motifs is 2.